The lowest BCUT2D eigenvalue weighted by Gasteiger charge is -2.48. The van der Waals surface area contributed by atoms with Crippen molar-refractivity contribution in [3.05, 3.63) is 40.5 Å². The molecule has 31 heavy (non-hydrogen) atoms. The number of carboxylic acid groups (broad SMARTS) is 1. The Hall–Kier alpha value is -2.24. The molecule has 1 atom stereocenters. The van der Waals surface area contributed by atoms with Gasteiger partial charge in [-0.15, -0.1) is 11.3 Å². The SMILES string of the molecule is Cc1ccc(CN2CCOC3(CCCN(c4cnccn4)C3)C2)s1.O=C(O)C(F)(F)F. The minimum atomic E-state index is -5.08. The van der Waals surface area contributed by atoms with Crippen LogP contribution in [-0.2, 0) is 16.1 Å². The number of aryl methyl sites for hydroxylation is 1. The predicted octanol–water partition coefficient (Wildman–Crippen LogP) is 3.35. The second-order valence-corrected chi connectivity index (χ2v) is 9.02. The Labute approximate surface area is 182 Å². The highest BCUT2D eigenvalue weighted by molar-refractivity contribution is 7.11. The molecule has 0 aromatic carbocycles. The Morgan fingerprint density at radius 2 is 2.06 bits per heavy atom. The predicted molar refractivity (Wildman–Crippen MR) is 110 cm³/mol. The van der Waals surface area contributed by atoms with Crippen LogP contribution in [0.15, 0.2) is 30.7 Å². The van der Waals surface area contributed by atoms with Crippen LogP contribution in [0.5, 0.6) is 0 Å². The van der Waals surface area contributed by atoms with Gasteiger partial charge in [0.2, 0.25) is 0 Å². The van der Waals surface area contributed by atoms with E-state index >= 15 is 0 Å². The van der Waals surface area contributed by atoms with Gasteiger partial charge in [-0.1, -0.05) is 0 Å². The van der Waals surface area contributed by atoms with Gasteiger partial charge >= 0.3 is 12.1 Å². The highest BCUT2D eigenvalue weighted by Gasteiger charge is 2.41. The first kappa shape index (κ1) is 23.4. The number of hydrogen-bond donors (Lipinski definition) is 1. The average molecular weight is 459 g/mol. The number of morpholine rings is 1. The normalized spacial score (nSPS) is 22.1. The molecule has 7 nitrogen and oxygen atoms in total. The summed E-state index contributed by atoms with van der Waals surface area (Å²) in [4.78, 5) is 25.3. The standard InChI is InChI=1S/C18H24N4OS.C2HF3O2/c1-15-3-4-16(24-15)12-21-9-10-23-18(13-21)5-2-8-22(14-18)17-11-19-6-7-20-17;3-2(4,5)1(6)7/h3-4,6-7,11H,2,5,8-10,12-14H2,1H3;(H,6,7). The minimum absolute atomic E-state index is 0.0691. The van der Waals surface area contributed by atoms with Crippen LogP contribution in [-0.4, -0.2) is 70.5 Å². The van der Waals surface area contributed by atoms with Crippen LogP contribution in [0, 0.1) is 6.92 Å². The molecule has 2 aliphatic rings. The van der Waals surface area contributed by atoms with Crippen molar-refractivity contribution < 1.29 is 27.8 Å². The molecular weight excluding hydrogens is 433 g/mol. The number of carbonyl (C=O) groups is 1. The summed E-state index contributed by atoms with van der Waals surface area (Å²) < 4.78 is 38.0. The van der Waals surface area contributed by atoms with E-state index in [0.29, 0.717) is 0 Å². The molecule has 1 unspecified atom stereocenters. The monoisotopic (exact) mass is 458 g/mol. The highest BCUT2D eigenvalue weighted by atomic mass is 32.1. The average Bonchev–Trinajstić information content (AvgIpc) is 3.13. The Kier molecular flexibility index (Phi) is 7.50. The molecule has 0 aliphatic carbocycles. The number of carboxylic acids is 1. The molecule has 0 saturated carbocycles. The van der Waals surface area contributed by atoms with E-state index in [2.05, 4.69) is 38.8 Å². The maximum absolute atomic E-state index is 10.6. The summed E-state index contributed by atoms with van der Waals surface area (Å²) in [7, 11) is 0. The van der Waals surface area contributed by atoms with Crippen molar-refractivity contribution in [3.63, 3.8) is 0 Å². The molecule has 1 N–H and O–H groups in total. The first-order chi connectivity index (χ1) is 14.7. The van der Waals surface area contributed by atoms with Crippen LogP contribution in [0.1, 0.15) is 22.6 Å². The Bertz CT molecular complexity index is 861. The van der Waals surface area contributed by atoms with Crippen molar-refractivity contribution in [3.8, 4) is 0 Å². The van der Waals surface area contributed by atoms with Gasteiger partial charge in [-0.3, -0.25) is 9.88 Å². The van der Waals surface area contributed by atoms with Crippen LogP contribution in [0.3, 0.4) is 0 Å². The van der Waals surface area contributed by atoms with Gasteiger partial charge in [0, 0.05) is 54.9 Å². The third kappa shape index (κ3) is 6.62. The second-order valence-electron chi connectivity index (χ2n) is 7.65. The number of thiophene rings is 1. The van der Waals surface area contributed by atoms with Gasteiger partial charge in [-0.05, 0) is 31.9 Å². The van der Waals surface area contributed by atoms with Gasteiger partial charge in [0.05, 0.1) is 18.4 Å². The van der Waals surface area contributed by atoms with Gasteiger partial charge in [-0.2, -0.15) is 13.2 Å². The second kappa shape index (κ2) is 9.92. The van der Waals surface area contributed by atoms with Crippen molar-refractivity contribution in [2.24, 2.45) is 0 Å². The van der Waals surface area contributed by atoms with Gasteiger partial charge < -0.3 is 14.7 Å². The van der Waals surface area contributed by atoms with Crippen molar-refractivity contribution in [2.45, 2.75) is 38.1 Å². The lowest BCUT2D eigenvalue weighted by Crippen LogP contribution is -2.59. The number of halogens is 3. The van der Waals surface area contributed by atoms with E-state index in [1.54, 1.807) is 12.4 Å². The van der Waals surface area contributed by atoms with E-state index in [-0.39, 0.29) is 5.60 Å². The number of alkyl halides is 3. The van der Waals surface area contributed by atoms with Crippen molar-refractivity contribution in [1.82, 2.24) is 14.9 Å². The number of nitrogens with zero attached hydrogens (tertiary/aromatic N) is 4. The van der Waals surface area contributed by atoms with Crippen molar-refractivity contribution in [2.75, 3.05) is 37.7 Å². The summed E-state index contributed by atoms with van der Waals surface area (Å²) >= 11 is 1.90. The van der Waals surface area contributed by atoms with Crippen LogP contribution in [0.2, 0.25) is 0 Å². The van der Waals surface area contributed by atoms with Crippen molar-refractivity contribution >= 4 is 23.1 Å². The Morgan fingerprint density at radius 1 is 1.29 bits per heavy atom. The third-order valence-corrected chi connectivity index (χ3v) is 6.14. The molecule has 4 rings (SSSR count). The fourth-order valence-electron chi connectivity index (χ4n) is 3.84. The van der Waals surface area contributed by atoms with Crippen LogP contribution in [0.25, 0.3) is 0 Å². The lowest BCUT2D eigenvalue weighted by molar-refractivity contribution is -0.192. The lowest BCUT2D eigenvalue weighted by atomic mass is 9.90. The van der Waals surface area contributed by atoms with Crippen LogP contribution < -0.4 is 4.90 Å². The summed E-state index contributed by atoms with van der Waals surface area (Å²) in [6.07, 6.45) is 2.54. The fourth-order valence-corrected chi connectivity index (χ4v) is 4.78. The molecule has 4 heterocycles. The molecule has 2 aromatic heterocycles. The van der Waals surface area contributed by atoms with E-state index in [1.807, 2.05) is 17.5 Å². The quantitative estimate of drug-likeness (QED) is 0.756. The molecule has 1 spiro atoms. The van der Waals surface area contributed by atoms with E-state index in [1.165, 1.54) is 9.75 Å². The maximum Gasteiger partial charge on any atom is 0.490 e. The molecule has 0 radical (unpaired) electrons. The first-order valence-corrected chi connectivity index (χ1v) is 10.7. The van der Waals surface area contributed by atoms with Gasteiger partial charge in [0.1, 0.15) is 5.82 Å². The summed E-state index contributed by atoms with van der Waals surface area (Å²) in [5.41, 5.74) is -0.0691. The maximum atomic E-state index is 10.6. The van der Waals surface area contributed by atoms with Gasteiger partial charge in [-0.25, -0.2) is 9.78 Å². The first-order valence-electron chi connectivity index (χ1n) is 9.90. The van der Waals surface area contributed by atoms with Crippen molar-refractivity contribution in [1.29, 1.82) is 0 Å². The molecule has 2 saturated heterocycles. The summed E-state index contributed by atoms with van der Waals surface area (Å²) in [6, 6.07) is 4.47. The molecule has 0 bridgehead atoms. The Balaban J connectivity index is 0.000000339. The molecule has 2 fully saturated rings. The summed E-state index contributed by atoms with van der Waals surface area (Å²) in [5, 5.41) is 7.12. The topological polar surface area (TPSA) is 78.8 Å². The number of rotatable bonds is 3. The van der Waals surface area contributed by atoms with E-state index in [0.717, 1.165) is 58.0 Å². The largest absolute Gasteiger partial charge is 0.490 e. The van der Waals surface area contributed by atoms with E-state index in [4.69, 9.17) is 14.6 Å². The van der Waals surface area contributed by atoms with Gasteiger partial charge in [0.15, 0.2) is 0 Å². The number of anilines is 1. The zero-order valence-corrected chi connectivity index (χ0v) is 18.0. The fraction of sp³-hybridized carbons (Fsp3) is 0.550. The molecule has 0 amide bonds. The van der Waals surface area contributed by atoms with Crippen LogP contribution >= 0.6 is 11.3 Å². The summed E-state index contributed by atoms with van der Waals surface area (Å²) in [6.45, 7) is 7.99. The molecular formula is C20H25F3N4O3S. The van der Waals surface area contributed by atoms with E-state index in [9.17, 15) is 13.2 Å². The minimum Gasteiger partial charge on any atom is -0.475 e. The number of ether oxygens (including phenoxy) is 1. The zero-order valence-electron chi connectivity index (χ0n) is 17.1. The molecule has 11 heteroatoms. The number of aliphatic carboxylic acids is 1. The van der Waals surface area contributed by atoms with Gasteiger partial charge in [0.25, 0.3) is 0 Å². The zero-order chi connectivity index (χ0) is 22.5. The Morgan fingerprint density at radius 3 is 2.68 bits per heavy atom. The highest BCUT2D eigenvalue weighted by Crippen LogP contribution is 2.31. The third-order valence-electron chi connectivity index (χ3n) is 5.16. The molecule has 170 valence electrons. The smallest absolute Gasteiger partial charge is 0.475 e. The van der Waals surface area contributed by atoms with E-state index < -0.39 is 12.1 Å². The molecule has 2 aliphatic heterocycles. The number of aromatic nitrogens is 2. The van der Waals surface area contributed by atoms with Crippen LogP contribution in [0.4, 0.5) is 19.0 Å². The molecule has 2 aromatic rings. The number of piperidine rings is 1. The summed E-state index contributed by atoms with van der Waals surface area (Å²) in [5.74, 6) is -1.79. The number of hydrogen-bond acceptors (Lipinski definition) is 7.